The lowest BCUT2D eigenvalue weighted by Gasteiger charge is -2.33. The van der Waals surface area contributed by atoms with Crippen molar-refractivity contribution in [2.75, 3.05) is 13.2 Å². The maximum atomic E-state index is 14.1. The van der Waals surface area contributed by atoms with E-state index in [1.54, 1.807) is 6.20 Å². The maximum absolute atomic E-state index is 14.1. The fourth-order valence-corrected chi connectivity index (χ4v) is 6.47. The van der Waals surface area contributed by atoms with Crippen molar-refractivity contribution in [3.63, 3.8) is 0 Å². The van der Waals surface area contributed by atoms with Crippen molar-refractivity contribution < 1.29 is 29.7 Å². The summed E-state index contributed by atoms with van der Waals surface area (Å²) in [5.74, 6) is -1.53. The Labute approximate surface area is 285 Å². The van der Waals surface area contributed by atoms with Crippen molar-refractivity contribution in [3.8, 4) is 0 Å². The van der Waals surface area contributed by atoms with Crippen LogP contribution in [0.3, 0.4) is 0 Å². The lowest BCUT2D eigenvalue weighted by molar-refractivity contribution is -0.134. The van der Waals surface area contributed by atoms with E-state index in [2.05, 4.69) is 46.3 Å². The highest BCUT2D eigenvalue weighted by Gasteiger charge is 2.34. The third-order valence-corrected chi connectivity index (χ3v) is 9.66. The minimum absolute atomic E-state index is 0.0784. The predicted octanol–water partition coefficient (Wildman–Crippen LogP) is 3.21. The van der Waals surface area contributed by atoms with Gasteiger partial charge in [0.25, 0.3) is 0 Å². The zero-order valence-corrected chi connectivity index (χ0v) is 28.9. The van der Waals surface area contributed by atoms with E-state index in [0.717, 1.165) is 31.2 Å². The van der Waals surface area contributed by atoms with E-state index in [-0.39, 0.29) is 31.1 Å². The number of carbonyl (C=O) groups excluding carboxylic acids is 3. The largest absolute Gasteiger partial charge is 0.394 e. The van der Waals surface area contributed by atoms with E-state index >= 15 is 0 Å². The molecule has 1 aromatic heterocycles. The predicted molar refractivity (Wildman–Crippen MR) is 185 cm³/mol. The molecule has 266 valence electrons. The summed E-state index contributed by atoms with van der Waals surface area (Å²) in [5, 5.41) is 39.5. The Morgan fingerprint density at radius 3 is 2.31 bits per heavy atom. The molecule has 2 aromatic rings. The standard InChI is InChI=1S/C37H57N5O6/c1-5-28(25(2)3)18-33(45)31(17-27-14-10-7-11-15-27)40-36(48)32(20-30-21-38-24-39-30)41-35(47)29(16-26-12-8-6-9-13-26)19-34(46)42-37(4,22-43)23-44/h5-6,8-9,12-13,21,24-25,27-29,31-33,43-45H,1,7,10-11,14-20,22-23H2,2-4H3,(H,38,39)(H,40,48)(H,41,47)(H,42,46)/t28-,29+,31-,32-,33-/m0/s1. The quantitative estimate of drug-likeness (QED) is 0.106. The molecule has 11 nitrogen and oxygen atoms in total. The molecule has 5 atom stereocenters. The van der Waals surface area contributed by atoms with Crippen molar-refractivity contribution in [1.29, 1.82) is 0 Å². The second-order valence-electron chi connectivity index (χ2n) is 14.2. The van der Waals surface area contributed by atoms with Gasteiger partial charge in [0, 0.05) is 24.7 Å². The van der Waals surface area contributed by atoms with Crippen LogP contribution in [0.4, 0.5) is 0 Å². The summed E-state index contributed by atoms with van der Waals surface area (Å²) in [4.78, 5) is 48.2. The summed E-state index contributed by atoms with van der Waals surface area (Å²) in [7, 11) is 0. The Balaban J connectivity index is 1.85. The number of imidazole rings is 1. The van der Waals surface area contributed by atoms with Gasteiger partial charge >= 0.3 is 0 Å². The molecule has 0 radical (unpaired) electrons. The average Bonchev–Trinajstić information content (AvgIpc) is 3.60. The van der Waals surface area contributed by atoms with Gasteiger partial charge in [0.2, 0.25) is 17.7 Å². The number of aliphatic hydroxyl groups is 3. The minimum atomic E-state index is -1.25. The van der Waals surface area contributed by atoms with Crippen LogP contribution in [0.25, 0.3) is 0 Å². The summed E-state index contributed by atoms with van der Waals surface area (Å²) in [6.45, 7) is 8.70. The molecule has 48 heavy (non-hydrogen) atoms. The topological polar surface area (TPSA) is 177 Å². The number of nitrogens with one attached hydrogen (secondary N) is 4. The Kier molecular flexibility index (Phi) is 15.8. The Hall–Kier alpha value is -3.54. The zero-order chi connectivity index (χ0) is 35.1. The number of rotatable bonds is 20. The van der Waals surface area contributed by atoms with E-state index < -0.39 is 60.6 Å². The number of aromatic amines is 1. The van der Waals surface area contributed by atoms with Crippen LogP contribution < -0.4 is 16.0 Å². The number of allylic oxidation sites excluding steroid dienone is 1. The Morgan fingerprint density at radius 1 is 1.04 bits per heavy atom. The highest BCUT2D eigenvalue weighted by molar-refractivity contribution is 5.91. The normalized spacial score (nSPS) is 17.1. The number of carbonyl (C=O) groups is 3. The molecule has 0 unspecified atom stereocenters. The Morgan fingerprint density at radius 2 is 1.73 bits per heavy atom. The first-order valence-corrected chi connectivity index (χ1v) is 17.4. The first-order chi connectivity index (χ1) is 23.0. The number of hydrogen-bond donors (Lipinski definition) is 7. The van der Waals surface area contributed by atoms with E-state index in [1.165, 1.54) is 19.7 Å². The molecule has 1 fully saturated rings. The fourth-order valence-electron chi connectivity index (χ4n) is 6.47. The molecule has 0 bridgehead atoms. The first kappa shape index (κ1) is 38.9. The lowest BCUT2D eigenvalue weighted by Crippen LogP contribution is -2.55. The Bertz CT molecular complexity index is 1260. The van der Waals surface area contributed by atoms with Gasteiger partial charge in [-0.2, -0.15) is 0 Å². The van der Waals surface area contributed by atoms with Gasteiger partial charge in [-0.05, 0) is 49.5 Å². The number of hydrogen-bond acceptors (Lipinski definition) is 7. The molecule has 3 amide bonds. The molecule has 1 aliphatic rings. The van der Waals surface area contributed by atoms with Gasteiger partial charge in [0.1, 0.15) is 6.04 Å². The van der Waals surface area contributed by atoms with Crippen LogP contribution in [0.1, 0.15) is 83.4 Å². The van der Waals surface area contributed by atoms with Crippen molar-refractivity contribution in [3.05, 3.63) is 66.8 Å². The van der Waals surface area contributed by atoms with Crippen LogP contribution in [0.15, 0.2) is 55.5 Å². The molecule has 3 rings (SSSR count). The molecule has 1 aliphatic carbocycles. The third kappa shape index (κ3) is 12.5. The maximum Gasteiger partial charge on any atom is 0.243 e. The number of H-pyrrole nitrogens is 1. The highest BCUT2D eigenvalue weighted by Crippen LogP contribution is 2.30. The van der Waals surface area contributed by atoms with Crippen molar-refractivity contribution in [2.24, 2.45) is 23.7 Å². The monoisotopic (exact) mass is 667 g/mol. The number of amides is 3. The van der Waals surface area contributed by atoms with Crippen LogP contribution >= 0.6 is 0 Å². The van der Waals surface area contributed by atoms with Crippen LogP contribution in [0, 0.1) is 23.7 Å². The first-order valence-electron chi connectivity index (χ1n) is 17.4. The number of aliphatic hydroxyl groups excluding tert-OH is 3. The second-order valence-corrected chi connectivity index (χ2v) is 14.2. The van der Waals surface area contributed by atoms with Crippen molar-refractivity contribution in [2.45, 2.75) is 109 Å². The third-order valence-electron chi connectivity index (χ3n) is 9.66. The van der Waals surface area contributed by atoms with Gasteiger partial charge < -0.3 is 36.3 Å². The van der Waals surface area contributed by atoms with E-state index in [1.807, 2.05) is 36.4 Å². The van der Waals surface area contributed by atoms with Crippen molar-refractivity contribution >= 4 is 17.7 Å². The van der Waals surface area contributed by atoms with Gasteiger partial charge in [-0.25, -0.2) is 4.98 Å². The van der Waals surface area contributed by atoms with Gasteiger partial charge in [0.15, 0.2) is 0 Å². The van der Waals surface area contributed by atoms with E-state index in [0.29, 0.717) is 24.5 Å². The molecule has 11 heteroatoms. The van der Waals surface area contributed by atoms with E-state index in [4.69, 9.17) is 0 Å². The highest BCUT2D eigenvalue weighted by atomic mass is 16.3. The van der Waals surface area contributed by atoms with Gasteiger partial charge in [-0.1, -0.05) is 82.4 Å². The lowest BCUT2D eigenvalue weighted by atomic mass is 9.81. The van der Waals surface area contributed by atoms with Crippen LogP contribution in [0.5, 0.6) is 0 Å². The summed E-state index contributed by atoms with van der Waals surface area (Å²) in [6, 6.07) is 7.76. The number of aromatic nitrogens is 2. The molecule has 1 heterocycles. The second kappa shape index (κ2) is 19.5. The number of nitrogens with zero attached hydrogens (tertiary/aromatic N) is 1. The van der Waals surface area contributed by atoms with Gasteiger partial charge in [0.05, 0.1) is 43.1 Å². The molecule has 7 N–H and O–H groups in total. The van der Waals surface area contributed by atoms with Crippen LogP contribution in [-0.2, 0) is 27.2 Å². The summed E-state index contributed by atoms with van der Waals surface area (Å²) in [6.07, 6.45) is 11.0. The van der Waals surface area contributed by atoms with E-state index in [9.17, 15) is 29.7 Å². The average molecular weight is 668 g/mol. The molecule has 1 saturated carbocycles. The molecular formula is C37H57N5O6. The molecular weight excluding hydrogens is 610 g/mol. The summed E-state index contributed by atoms with van der Waals surface area (Å²) in [5.41, 5.74) is 0.234. The smallest absolute Gasteiger partial charge is 0.243 e. The zero-order valence-electron chi connectivity index (χ0n) is 28.9. The molecule has 1 aromatic carbocycles. The summed E-state index contributed by atoms with van der Waals surface area (Å²) < 4.78 is 0. The fraction of sp³-hybridized carbons (Fsp3) is 0.622. The summed E-state index contributed by atoms with van der Waals surface area (Å²) >= 11 is 0. The minimum Gasteiger partial charge on any atom is -0.394 e. The van der Waals surface area contributed by atoms with Crippen LogP contribution in [-0.4, -0.2) is 79.9 Å². The number of benzene rings is 1. The molecule has 0 saturated heterocycles. The molecule has 0 spiro atoms. The molecule has 0 aliphatic heterocycles. The SMILES string of the molecule is C=C[C@@H](C[C@H](O)[C@H](CC1CCCCC1)NC(=O)[C@H](Cc1cnc[nH]1)NC(=O)[C@@H](CC(=O)NC(C)(CO)CO)Cc1ccccc1)C(C)C. The van der Waals surface area contributed by atoms with Gasteiger partial charge in [-0.15, -0.1) is 6.58 Å². The van der Waals surface area contributed by atoms with Crippen molar-refractivity contribution in [1.82, 2.24) is 25.9 Å². The van der Waals surface area contributed by atoms with Crippen LogP contribution in [0.2, 0.25) is 0 Å². The van der Waals surface area contributed by atoms with Gasteiger partial charge in [-0.3, -0.25) is 14.4 Å².